The maximum absolute atomic E-state index is 12.6. The van der Waals surface area contributed by atoms with Crippen LogP contribution in [0.4, 0.5) is 0 Å². The normalized spacial score (nSPS) is 30.5. The molecule has 8 heteroatoms. The van der Waals surface area contributed by atoms with Gasteiger partial charge in [-0.05, 0) is 19.4 Å². The zero-order valence-corrected chi connectivity index (χ0v) is 15.0. The Labute approximate surface area is 142 Å². The second kappa shape index (κ2) is 5.31. The predicted octanol–water partition coefficient (Wildman–Crippen LogP) is 1.24. The van der Waals surface area contributed by atoms with Gasteiger partial charge in [0.05, 0.1) is 0 Å². The zero-order valence-electron chi connectivity index (χ0n) is 12.6. The van der Waals surface area contributed by atoms with E-state index in [1.54, 1.807) is 12.1 Å². The highest BCUT2D eigenvalue weighted by Crippen LogP contribution is 2.48. The van der Waals surface area contributed by atoms with E-state index in [0.717, 1.165) is 10.5 Å². The first kappa shape index (κ1) is 16.4. The second-order valence-corrected chi connectivity index (χ2v) is 9.79. The van der Waals surface area contributed by atoms with Gasteiger partial charge in [-0.15, -0.1) is 0 Å². The number of nitrogens with zero attached hydrogens (tertiary/aromatic N) is 1. The number of halogens is 1. The molecule has 1 amide bonds. The fourth-order valence-electron chi connectivity index (χ4n) is 3.04. The largest absolute Gasteiger partial charge is 0.459 e. The lowest BCUT2D eigenvalue weighted by Gasteiger charge is -2.40. The van der Waals surface area contributed by atoms with Crippen LogP contribution in [0.5, 0.6) is 0 Å². The van der Waals surface area contributed by atoms with Crippen LogP contribution in [-0.2, 0) is 30.8 Å². The van der Waals surface area contributed by atoms with Crippen molar-refractivity contribution in [1.82, 2.24) is 4.90 Å². The third-order valence-corrected chi connectivity index (χ3v) is 8.52. The molecule has 0 radical (unpaired) electrons. The van der Waals surface area contributed by atoms with E-state index in [1.165, 1.54) is 13.8 Å². The molecule has 1 aromatic carbocycles. The Kier molecular flexibility index (Phi) is 3.79. The Morgan fingerprint density at radius 1 is 1.30 bits per heavy atom. The standard InChI is InChI=1S/C15H16BrNO5S/c1-15(2)11(14(19)22-8-9-6-4-3-5-7-9)17-12(18)10(16)13(17)23(15,20)21/h3-7,10-11,13H,8H2,1-2H3/t10-,11+,13-/m1/s1. The average molecular weight is 402 g/mol. The number of benzene rings is 1. The summed E-state index contributed by atoms with van der Waals surface area (Å²) in [7, 11) is -3.67. The number of hydrogen-bond donors (Lipinski definition) is 0. The van der Waals surface area contributed by atoms with E-state index < -0.39 is 42.7 Å². The number of fused-ring (bicyclic) bond motifs is 1. The number of alkyl halides is 1. The van der Waals surface area contributed by atoms with Crippen LogP contribution < -0.4 is 0 Å². The summed E-state index contributed by atoms with van der Waals surface area (Å²) in [4.78, 5) is 24.8. The summed E-state index contributed by atoms with van der Waals surface area (Å²) in [6.07, 6.45) is 0. The van der Waals surface area contributed by atoms with Crippen LogP contribution >= 0.6 is 15.9 Å². The molecule has 0 spiro atoms. The van der Waals surface area contributed by atoms with Crippen LogP contribution in [0.25, 0.3) is 0 Å². The quantitative estimate of drug-likeness (QED) is 0.432. The first-order valence-corrected chi connectivity index (χ1v) is 9.56. The SMILES string of the molecule is CC1(C)[C@H](C(=O)OCc2ccccc2)N2C(=O)[C@@H](Br)[C@H]2S1(=O)=O. The molecule has 2 aliphatic rings. The molecule has 6 nitrogen and oxygen atoms in total. The van der Waals surface area contributed by atoms with Gasteiger partial charge in [0.2, 0.25) is 5.91 Å². The van der Waals surface area contributed by atoms with Gasteiger partial charge >= 0.3 is 5.97 Å². The number of esters is 1. The Bertz CT molecular complexity index is 761. The third-order valence-electron chi connectivity index (χ3n) is 4.45. The van der Waals surface area contributed by atoms with Crippen LogP contribution in [0.15, 0.2) is 30.3 Å². The molecule has 0 bridgehead atoms. The molecule has 3 atom stereocenters. The molecular weight excluding hydrogens is 386 g/mol. The van der Waals surface area contributed by atoms with Gasteiger partial charge in [-0.3, -0.25) is 4.79 Å². The van der Waals surface area contributed by atoms with E-state index in [4.69, 9.17) is 4.74 Å². The smallest absolute Gasteiger partial charge is 0.330 e. The molecular formula is C15H16BrNO5S. The molecule has 0 aromatic heterocycles. The van der Waals surface area contributed by atoms with Crippen LogP contribution in [0.3, 0.4) is 0 Å². The summed E-state index contributed by atoms with van der Waals surface area (Å²) in [6, 6.07) is 7.96. The topological polar surface area (TPSA) is 80.8 Å². The number of β-lactam (4-membered cyclic amide) rings is 1. The van der Waals surface area contributed by atoms with Gasteiger partial charge < -0.3 is 9.64 Å². The number of carbonyl (C=O) groups excluding carboxylic acids is 2. The number of ether oxygens (including phenoxy) is 1. The maximum Gasteiger partial charge on any atom is 0.330 e. The van der Waals surface area contributed by atoms with Gasteiger partial charge in [0.1, 0.15) is 22.2 Å². The number of carbonyl (C=O) groups is 2. The first-order valence-electron chi connectivity index (χ1n) is 7.10. The Morgan fingerprint density at radius 3 is 2.52 bits per heavy atom. The van der Waals surface area contributed by atoms with Gasteiger partial charge in [-0.25, -0.2) is 13.2 Å². The molecule has 2 aliphatic heterocycles. The molecule has 1 aromatic rings. The highest BCUT2D eigenvalue weighted by Gasteiger charge is 2.71. The van der Waals surface area contributed by atoms with Crippen molar-refractivity contribution in [2.45, 2.75) is 41.4 Å². The van der Waals surface area contributed by atoms with E-state index in [2.05, 4.69) is 15.9 Å². The Hall–Kier alpha value is -1.41. The summed E-state index contributed by atoms with van der Waals surface area (Å²) in [6.45, 7) is 2.96. The Morgan fingerprint density at radius 2 is 1.91 bits per heavy atom. The van der Waals surface area contributed by atoms with Gasteiger partial charge in [0, 0.05) is 0 Å². The van der Waals surface area contributed by atoms with Crippen molar-refractivity contribution < 1.29 is 22.7 Å². The van der Waals surface area contributed by atoms with Gasteiger partial charge in [-0.1, -0.05) is 46.3 Å². The third kappa shape index (κ3) is 2.22. The zero-order chi connectivity index (χ0) is 17.0. The van der Waals surface area contributed by atoms with E-state index in [-0.39, 0.29) is 6.61 Å². The fraction of sp³-hybridized carbons (Fsp3) is 0.467. The van der Waals surface area contributed by atoms with Crippen molar-refractivity contribution >= 4 is 37.6 Å². The van der Waals surface area contributed by atoms with E-state index in [0.29, 0.717) is 0 Å². The Balaban J connectivity index is 1.84. The lowest BCUT2D eigenvalue weighted by molar-refractivity contribution is -0.161. The number of rotatable bonds is 3. The minimum absolute atomic E-state index is 0.0384. The van der Waals surface area contributed by atoms with Crippen LogP contribution in [0, 0.1) is 0 Å². The van der Waals surface area contributed by atoms with Crippen molar-refractivity contribution in [1.29, 1.82) is 0 Å². The summed E-state index contributed by atoms with van der Waals surface area (Å²) in [5.74, 6) is -1.09. The molecule has 124 valence electrons. The molecule has 2 saturated heterocycles. The van der Waals surface area contributed by atoms with E-state index in [1.807, 2.05) is 18.2 Å². The molecule has 0 saturated carbocycles. The van der Waals surface area contributed by atoms with Gasteiger partial charge in [-0.2, -0.15) is 0 Å². The van der Waals surface area contributed by atoms with Gasteiger partial charge in [0.15, 0.2) is 15.2 Å². The molecule has 2 heterocycles. The maximum atomic E-state index is 12.6. The summed E-state index contributed by atoms with van der Waals surface area (Å²) >= 11 is 3.09. The van der Waals surface area contributed by atoms with Crippen molar-refractivity contribution in [3.63, 3.8) is 0 Å². The van der Waals surface area contributed by atoms with Crippen molar-refractivity contribution in [2.24, 2.45) is 0 Å². The van der Waals surface area contributed by atoms with Crippen molar-refractivity contribution in [3.8, 4) is 0 Å². The van der Waals surface area contributed by atoms with Crippen molar-refractivity contribution in [2.75, 3.05) is 0 Å². The minimum Gasteiger partial charge on any atom is -0.459 e. The minimum atomic E-state index is -3.67. The number of amides is 1. The molecule has 0 unspecified atom stereocenters. The molecule has 0 aliphatic carbocycles. The summed E-state index contributed by atoms with van der Waals surface area (Å²) in [5.41, 5.74) is 0.796. The summed E-state index contributed by atoms with van der Waals surface area (Å²) in [5, 5.41) is -1.00. The number of hydrogen-bond acceptors (Lipinski definition) is 5. The van der Waals surface area contributed by atoms with Crippen LogP contribution in [0.1, 0.15) is 19.4 Å². The molecule has 2 fully saturated rings. The van der Waals surface area contributed by atoms with E-state index >= 15 is 0 Å². The molecule has 3 rings (SSSR count). The lowest BCUT2D eigenvalue weighted by atomic mass is 9.98. The predicted molar refractivity (Wildman–Crippen MR) is 86.4 cm³/mol. The van der Waals surface area contributed by atoms with E-state index in [9.17, 15) is 18.0 Å². The highest BCUT2D eigenvalue weighted by atomic mass is 79.9. The van der Waals surface area contributed by atoms with Gasteiger partial charge in [0.25, 0.3) is 0 Å². The lowest BCUT2D eigenvalue weighted by Crippen LogP contribution is -2.64. The fourth-order valence-corrected chi connectivity index (χ4v) is 6.48. The first-order chi connectivity index (χ1) is 10.7. The average Bonchev–Trinajstić information content (AvgIpc) is 2.66. The molecule has 23 heavy (non-hydrogen) atoms. The highest BCUT2D eigenvalue weighted by molar-refractivity contribution is 9.10. The summed E-state index contributed by atoms with van der Waals surface area (Å²) < 4.78 is 29.1. The van der Waals surface area contributed by atoms with Crippen LogP contribution in [-0.4, -0.2) is 46.2 Å². The number of sulfone groups is 1. The van der Waals surface area contributed by atoms with Crippen molar-refractivity contribution in [3.05, 3.63) is 35.9 Å². The second-order valence-electron chi connectivity index (χ2n) is 6.18. The van der Waals surface area contributed by atoms with Crippen LogP contribution in [0.2, 0.25) is 0 Å². The molecule has 0 N–H and O–H groups in total. The monoisotopic (exact) mass is 401 g/mol.